The minimum absolute atomic E-state index is 0.0604. The van der Waals surface area contributed by atoms with Gasteiger partial charge in [0.2, 0.25) is 0 Å². The molecule has 0 fully saturated rings. The number of hydrogen-bond donors (Lipinski definition) is 2. The first kappa shape index (κ1) is 17.3. The van der Waals surface area contributed by atoms with Crippen LogP contribution in [0.5, 0.6) is 0 Å². The highest BCUT2D eigenvalue weighted by molar-refractivity contribution is 9.10. The molecule has 7 heteroatoms. The van der Waals surface area contributed by atoms with E-state index in [1.165, 1.54) is 12.1 Å². The zero-order chi connectivity index (χ0) is 18.0. The smallest absolute Gasteiger partial charge is 0.405 e. The molecule has 1 aromatic heterocycles. The topological polar surface area (TPSA) is 62.2 Å². The number of hydrogen-bond acceptors (Lipinski definition) is 2. The summed E-state index contributed by atoms with van der Waals surface area (Å²) in [7, 11) is 0. The summed E-state index contributed by atoms with van der Waals surface area (Å²) in [5.41, 5.74) is 1.48. The van der Waals surface area contributed by atoms with Crippen LogP contribution in [0.1, 0.15) is 17.3 Å². The maximum Gasteiger partial charge on any atom is 0.405 e. The van der Waals surface area contributed by atoms with Crippen LogP contribution in [-0.2, 0) is 6.42 Å². The van der Waals surface area contributed by atoms with Gasteiger partial charge in [-0.3, -0.25) is 0 Å². The highest BCUT2D eigenvalue weighted by atomic mass is 79.9. The van der Waals surface area contributed by atoms with Gasteiger partial charge in [0.15, 0.2) is 0 Å². The zero-order valence-corrected chi connectivity index (χ0v) is 14.4. The molecule has 0 radical (unpaired) electrons. The van der Waals surface area contributed by atoms with E-state index in [4.69, 9.17) is 5.11 Å². The average Bonchev–Trinajstić information content (AvgIpc) is 2.52. The molecule has 4 nitrogen and oxygen atoms in total. The Kier molecular flexibility index (Phi) is 4.94. The van der Waals surface area contributed by atoms with Crippen LogP contribution < -0.4 is 5.32 Å². The van der Waals surface area contributed by atoms with Gasteiger partial charge in [0.05, 0.1) is 17.3 Å². The molecule has 2 aromatic carbocycles. The number of para-hydroxylation sites is 1. The first-order valence-corrected chi connectivity index (χ1v) is 8.21. The van der Waals surface area contributed by atoms with Crippen molar-refractivity contribution in [2.24, 2.45) is 0 Å². The fourth-order valence-electron chi connectivity index (χ4n) is 2.68. The Bertz CT molecular complexity index is 929. The highest BCUT2D eigenvalue weighted by Crippen LogP contribution is 2.28. The lowest BCUT2D eigenvalue weighted by Gasteiger charge is -2.19. The first-order chi connectivity index (χ1) is 11.9. The molecular formula is C18H13BrF2N2O2. The summed E-state index contributed by atoms with van der Waals surface area (Å²) >= 11 is 3.41. The highest BCUT2D eigenvalue weighted by Gasteiger charge is 2.20. The number of aromatic nitrogens is 1. The fraction of sp³-hybridized carbons (Fsp3) is 0.111. The van der Waals surface area contributed by atoms with Crippen molar-refractivity contribution >= 4 is 32.9 Å². The number of halogens is 3. The van der Waals surface area contributed by atoms with Gasteiger partial charge in [-0.15, -0.1) is 0 Å². The molecule has 25 heavy (non-hydrogen) atoms. The van der Waals surface area contributed by atoms with Crippen LogP contribution in [0.2, 0.25) is 0 Å². The molecule has 3 aromatic rings. The number of nitrogens with one attached hydrogen (secondary N) is 1. The number of carboxylic acid groups (broad SMARTS) is 1. The average molecular weight is 407 g/mol. The van der Waals surface area contributed by atoms with E-state index >= 15 is 0 Å². The van der Waals surface area contributed by atoms with Gasteiger partial charge in [-0.25, -0.2) is 18.6 Å². The molecule has 2 N–H and O–H groups in total. The van der Waals surface area contributed by atoms with E-state index < -0.39 is 23.8 Å². The molecule has 0 saturated carbocycles. The minimum Gasteiger partial charge on any atom is -0.465 e. The number of carbonyl (C=O) groups is 1. The summed E-state index contributed by atoms with van der Waals surface area (Å²) in [5, 5.41) is 12.4. The van der Waals surface area contributed by atoms with E-state index in [2.05, 4.69) is 26.2 Å². The van der Waals surface area contributed by atoms with Crippen molar-refractivity contribution in [2.75, 3.05) is 0 Å². The largest absolute Gasteiger partial charge is 0.465 e. The van der Waals surface area contributed by atoms with Crippen LogP contribution in [0.25, 0.3) is 10.9 Å². The molecule has 0 aliphatic heterocycles. The molecule has 1 unspecified atom stereocenters. The fourth-order valence-corrected chi connectivity index (χ4v) is 3.29. The van der Waals surface area contributed by atoms with Gasteiger partial charge in [-0.1, -0.05) is 18.2 Å². The molecule has 0 bridgehead atoms. The van der Waals surface area contributed by atoms with Crippen molar-refractivity contribution in [3.8, 4) is 0 Å². The van der Waals surface area contributed by atoms with E-state index in [0.717, 1.165) is 11.5 Å². The second-order valence-electron chi connectivity index (χ2n) is 5.53. The molecule has 1 atom stereocenters. The predicted octanol–water partition coefficient (Wildman–Crippen LogP) is 4.83. The Hall–Kier alpha value is -2.54. The van der Waals surface area contributed by atoms with Crippen molar-refractivity contribution in [3.05, 3.63) is 75.9 Å². The van der Waals surface area contributed by atoms with E-state index in [9.17, 15) is 13.6 Å². The normalized spacial score (nSPS) is 12.1. The molecule has 0 saturated heterocycles. The summed E-state index contributed by atoms with van der Waals surface area (Å²) in [5.74, 6) is -1.43. The van der Waals surface area contributed by atoms with E-state index in [-0.39, 0.29) is 6.42 Å². The Labute approximate surface area is 150 Å². The lowest BCUT2D eigenvalue weighted by atomic mass is 10.0. The number of rotatable bonds is 4. The maximum absolute atomic E-state index is 13.4. The van der Waals surface area contributed by atoms with Gasteiger partial charge in [0.25, 0.3) is 0 Å². The van der Waals surface area contributed by atoms with Crippen molar-refractivity contribution in [3.63, 3.8) is 0 Å². The third-order valence-corrected chi connectivity index (χ3v) is 4.33. The van der Waals surface area contributed by atoms with E-state index in [1.54, 1.807) is 0 Å². The van der Waals surface area contributed by atoms with Gasteiger partial charge >= 0.3 is 6.09 Å². The number of fused-ring (bicyclic) bond motifs is 1. The minimum atomic E-state index is -1.25. The third kappa shape index (κ3) is 4.11. The number of nitrogens with zero attached hydrogens (tertiary/aromatic N) is 1. The van der Waals surface area contributed by atoms with Crippen LogP contribution >= 0.6 is 15.9 Å². The molecule has 3 rings (SSSR count). The monoisotopic (exact) mass is 406 g/mol. The third-order valence-electron chi connectivity index (χ3n) is 3.69. The second-order valence-corrected chi connectivity index (χ2v) is 6.39. The molecule has 0 spiro atoms. The van der Waals surface area contributed by atoms with Crippen LogP contribution in [0, 0.1) is 11.6 Å². The van der Waals surface area contributed by atoms with E-state index in [0.29, 0.717) is 21.2 Å². The van der Waals surface area contributed by atoms with Crippen molar-refractivity contribution in [2.45, 2.75) is 12.5 Å². The van der Waals surface area contributed by atoms with Gasteiger partial charge in [0, 0.05) is 15.9 Å². The summed E-state index contributed by atoms with van der Waals surface area (Å²) in [6.07, 6.45) is -1.19. The predicted molar refractivity (Wildman–Crippen MR) is 93.4 cm³/mol. The first-order valence-electron chi connectivity index (χ1n) is 7.42. The number of benzene rings is 2. The lowest BCUT2D eigenvalue weighted by molar-refractivity contribution is 0.189. The standard InChI is InChI=1S/C18H13BrF2N2O2/c19-14-8-11-3-1-2-4-15(11)22-17(14)16(23-18(24)25)7-10-5-12(20)9-13(21)6-10/h1-6,8-9,16,23H,7H2,(H,24,25). The molecule has 1 amide bonds. The van der Waals surface area contributed by atoms with E-state index in [1.807, 2.05) is 30.3 Å². The zero-order valence-electron chi connectivity index (χ0n) is 12.8. The molecule has 0 aliphatic rings. The van der Waals surface area contributed by atoms with Gasteiger partial charge < -0.3 is 10.4 Å². The van der Waals surface area contributed by atoms with Gasteiger partial charge in [-0.05, 0) is 52.2 Å². The number of pyridine rings is 1. The summed E-state index contributed by atoms with van der Waals surface area (Å²) in [6, 6.07) is 11.6. The van der Waals surface area contributed by atoms with Crippen LogP contribution in [0.15, 0.2) is 53.0 Å². The van der Waals surface area contributed by atoms with Gasteiger partial charge in [-0.2, -0.15) is 0 Å². The van der Waals surface area contributed by atoms with Crippen LogP contribution in [-0.4, -0.2) is 16.2 Å². The molecular weight excluding hydrogens is 394 g/mol. The molecule has 0 aliphatic carbocycles. The Morgan fingerprint density at radius 3 is 2.52 bits per heavy atom. The summed E-state index contributed by atoms with van der Waals surface area (Å²) in [4.78, 5) is 15.7. The number of amides is 1. The Morgan fingerprint density at radius 1 is 1.16 bits per heavy atom. The van der Waals surface area contributed by atoms with Crippen LogP contribution in [0.4, 0.5) is 13.6 Å². The summed E-state index contributed by atoms with van der Waals surface area (Å²) in [6.45, 7) is 0. The maximum atomic E-state index is 13.4. The molecule has 1 heterocycles. The van der Waals surface area contributed by atoms with Crippen LogP contribution in [0.3, 0.4) is 0 Å². The summed E-state index contributed by atoms with van der Waals surface area (Å²) < 4.78 is 27.5. The van der Waals surface area contributed by atoms with Crippen molar-refractivity contribution in [1.29, 1.82) is 0 Å². The van der Waals surface area contributed by atoms with Crippen molar-refractivity contribution < 1.29 is 18.7 Å². The SMILES string of the molecule is O=C(O)NC(Cc1cc(F)cc(F)c1)c1nc2ccccc2cc1Br. The molecule has 128 valence electrons. The Morgan fingerprint density at radius 2 is 1.84 bits per heavy atom. The second kappa shape index (κ2) is 7.14. The Balaban J connectivity index is 2.03. The lowest BCUT2D eigenvalue weighted by Crippen LogP contribution is -2.29. The van der Waals surface area contributed by atoms with Gasteiger partial charge in [0.1, 0.15) is 11.6 Å². The van der Waals surface area contributed by atoms with Crippen molar-refractivity contribution in [1.82, 2.24) is 10.3 Å². The quantitative estimate of drug-likeness (QED) is 0.652.